The molecular weight excluding hydrogens is 236 g/mol. The summed E-state index contributed by atoms with van der Waals surface area (Å²) in [5.74, 6) is 0. The number of aliphatic hydroxyl groups is 1. The van der Waals surface area contributed by atoms with Crippen LogP contribution in [0.15, 0.2) is 12.4 Å². The molecule has 2 fully saturated rings. The van der Waals surface area contributed by atoms with Gasteiger partial charge in [0.1, 0.15) is 0 Å². The van der Waals surface area contributed by atoms with E-state index in [4.69, 9.17) is 0 Å². The van der Waals surface area contributed by atoms with Crippen molar-refractivity contribution >= 4 is 10.8 Å². The summed E-state index contributed by atoms with van der Waals surface area (Å²) < 4.78 is 13.8. The topological polar surface area (TPSA) is 55.1 Å². The summed E-state index contributed by atoms with van der Waals surface area (Å²) in [4.78, 5) is 0. The van der Waals surface area contributed by atoms with Crippen LogP contribution in [0.4, 0.5) is 0 Å². The number of hydrogen-bond donors (Lipinski definition) is 1. The molecule has 0 saturated carbocycles. The average molecular weight is 254 g/mol. The fourth-order valence-electron chi connectivity index (χ4n) is 3.18. The molecule has 94 valence electrons. The number of hydrogen-bond acceptors (Lipinski definition) is 3. The van der Waals surface area contributed by atoms with Crippen LogP contribution < -0.4 is 0 Å². The van der Waals surface area contributed by atoms with E-state index in [1.807, 2.05) is 13.2 Å². The maximum absolute atomic E-state index is 12.1. The summed E-state index contributed by atoms with van der Waals surface area (Å²) in [6.45, 7) is 0. The van der Waals surface area contributed by atoms with Crippen molar-refractivity contribution in [1.82, 2.24) is 9.78 Å². The Bertz CT molecular complexity index is 441. The highest BCUT2D eigenvalue weighted by molar-refractivity contribution is 7.86. The molecule has 1 N–H and O–H groups in total. The third kappa shape index (κ3) is 1.85. The minimum absolute atomic E-state index is 0.174. The first-order chi connectivity index (χ1) is 8.08. The molecular formula is C12H18N2O2S. The standard InChI is InChI=1S/C12H18N2O2S/c1-14-8-9(7-13-14)12(15)5-10-3-2-4-11(6-12)17(10)16/h7-8,10-11,15H,2-6H2,1H3. The van der Waals surface area contributed by atoms with Crippen molar-refractivity contribution in [2.75, 3.05) is 0 Å². The van der Waals surface area contributed by atoms with E-state index >= 15 is 0 Å². The predicted octanol–water partition coefficient (Wildman–Crippen LogP) is 1.07. The van der Waals surface area contributed by atoms with Gasteiger partial charge in [-0.25, -0.2) is 0 Å². The lowest BCUT2D eigenvalue weighted by Crippen LogP contribution is -2.47. The van der Waals surface area contributed by atoms with Gasteiger partial charge in [0.25, 0.3) is 0 Å². The van der Waals surface area contributed by atoms with Crippen molar-refractivity contribution in [2.45, 2.75) is 48.2 Å². The molecule has 2 saturated heterocycles. The van der Waals surface area contributed by atoms with E-state index < -0.39 is 16.4 Å². The van der Waals surface area contributed by atoms with E-state index in [-0.39, 0.29) is 10.5 Å². The van der Waals surface area contributed by atoms with Crippen molar-refractivity contribution in [3.63, 3.8) is 0 Å². The van der Waals surface area contributed by atoms with Crippen LogP contribution in [0.2, 0.25) is 0 Å². The zero-order chi connectivity index (χ0) is 12.0. The smallest absolute Gasteiger partial charge is 0.0949 e. The van der Waals surface area contributed by atoms with Gasteiger partial charge in [-0.05, 0) is 25.7 Å². The van der Waals surface area contributed by atoms with Gasteiger partial charge in [-0.15, -0.1) is 0 Å². The Morgan fingerprint density at radius 2 is 2.12 bits per heavy atom. The Balaban J connectivity index is 1.92. The minimum atomic E-state index is -0.808. The number of aryl methyl sites for hydroxylation is 1. The summed E-state index contributed by atoms with van der Waals surface area (Å²) in [5, 5.41) is 15.3. The lowest BCUT2D eigenvalue weighted by atomic mass is 9.82. The van der Waals surface area contributed by atoms with Crippen LogP contribution in [0.5, 0.6) is 0 Å². The first-order valence-electron chi connectivity index (χ1n) is 6.19. The summed E-state index contributed by atoms with van der Waals surface area (Å²) in [6, 6.07) is 0. The van der Waals surface area contributed by atoms with E-state index in [2.05, 4.69) is 5.10 Å². The zero-order valence-electron chi connectivity index (χ0n) is 10.0. The molecule has 3 rings (SSSR count). The Morgan fingerprint density at radius 1 is 1.47 bits per heavy atom. The van der Waals surface area contributed by atoms with Crippen molar-refractivity contribution < 1.29 is 9.32 Å². The second kappa shape index (κ2) is 3.92. The van der Waals surface area contributed by atoms with Crippen LogP contribution in [0, 0.1) is 0 Å². The van der Waals surface area contributed by atoms with Gasteiger partial charge in [-0.2, -0.15) is 5.10 Å². The van der Waals surface area contributed by atoms with Crippen molar-refractivity contribution in [2.24, 2.45) is 7.05 Å². The van der Waals surface area contributed by atoms with Gasteiger partial charge in [0.15, 0.2) is 0 Å². The Kier molecular flexibility index (Phi) is 2.63. The van der Waals surface area contributed by atoms with Gasteiger partial charge < -0.3 is 5.11 Å². The van der Waals surface area contributed by atoms with Crippen LogP contribution in [-0.4, -0.2) is 29.6 Å². The van der Waals surface area contributed by atoms with Gasteiger partial charge in [0.05, 0.1) is 11.8 Å². The molecule has 17 heavy (non-hydrogen) atoms. The molecule has 2 atom stereocenters. The number of nitrogens with zero attached hydrogens (tertiary/aromatic N) is 2. The van der Waals surface area contributed by atoms with Crippen molar-refractivity contribution in [3.8, 4) is 0 Å². The van der Waals surface area contributed by atoms with Gasteiger partial charge in [0, 0.05) is 40.1 Å². The SMILES string of the molecule is Cn1cc(C2(O)CC3CCCC(C2)S3=O)cn1. The first-order valence-corrected chi connectivity index (χ1v) is 7.47. The third-order valence-corrected chi connectivity index (χ3v) is 6.20. The van der Waals surface area contributed by atoms with E-state index in [0.29, 0.717) is 12.8 Å². The Hall–Kier alpha value is -0.680. The number of fused-ring (bicyclic) bond motifs is 2. The molecule has 2 unspecified atom stereocenters. The van der Waals surface area contributed by atoms with E-state index in [1.165, 1.54) is 0 Å². The third-order valence-electron chi connectivity index (χ3n) is 4.08. The van der Waals surface area contributed by atoms with Crippen molar-refractivity contribution in [1.29, 1.82) is 0 Å². The van der Waals surface area contributed by atoms with Crippen molar-refractivity contribution in [3.05, 3.63) is 18.0 Å². The Morgan fingerprint density at radius 3 is 2.65 bits per heavy atom. The lowest BCUT2D eigenvalue weighted by molar-refractivity contribution is 0.00648. The molecule has 3 heterocycles. The number of rotatable bonds is 1. The molecule has 2 aliphatic rings. The summed E-state index contributed by atoms with van der Waals surface area (Å²) in [7, 11) is 1.12. The largest absolute Gasteiger partial charge is 0.385 e. The van der Waals surface area contributed by atoms with Crippen LogP contribution >= 0.6 is 0 Å². The van der Waals surface area contributed by atoms with Crippen LogP contribution in [-0.2, 0) is 23.4 Å². The molecule has 5 heteroatoms. The average Bonchev–Trinajstić information content (AvgIpc) is 2.68. The molecule has 2 bridgehead atoms. The Labute approximate surface area is 103 Å². The second-order valence-corrected chi connectivity index (χ2v) is 7.34. The molecule has 2 aliphatic heterocycles. The number of aromatic nitrogens is 2. The van der Waals surface area contributed by atoms with Crippen LogP contribution in [0.3, 0.4) is 0 Å². The fourth-order valence-corrected chi connectivity index (χ4v) is 5.40. The minimum Gasteiger partial charge on any atom is -0.385 e. The zero-order valence-corrected chi connectivity index (χ0v) is 10.8. The predicted molar refractivity (Wildman–Crippen MR) is 65.9 cm³/mol. The molecule has 0 aliphatic carbocycles. The summed E-state index contributed by atoms with van der Waals surface area (Å²) in [6.07, 6.45) is 8.01. The highest BCUT2D eigenvalue weighted by Crippen LogP contribution is 2.44. The molecule has 4 nitrogen and oxygen atoms in total. The molecule has 0 radical (unpaired) electrons. The summed E-state index contributed by atoms with van der Waals surface area (Å²) in [5.41, 5.74) is 0.0753. The van der Waals surface area contributed by atoms with Gasteiger partial charge >= 0.3 is 0 Å². The molecule has 1 aromatic heterocycles. The maximum atomic E-state index is 12.1. The van der Waals surface area contributed by atoms with E-state index in [1.54, 1.807) is 10.9 Å². The van der Waals surface area contributed by atoms with Crippen LogP contribution in [0.25, 0.3) is 0 Å². The van der Waals surface area contributed by atoms with Gasteiger partial charge in [0.2, 0.25) is 0 Å². The normalized spacial score (nSPS) is 41.4. The highest BCUT2D eigenvalue weighted by Gasteiger charge is 2.46. The molecule has 0 amide bonds. The van der Waals surface area contributed by atoms with E-state index in [9.17, 15) is 9.32 Å². The molecule has 0 aromatic carbocycles. The molecule has 0 spiro atoms. The summed E-state index contributed by atoms with van der Waals surface area (Å²) >= 11 is 0. The monoisotopic (exact) mass is 254 g/mol. The van der Waals surface area contributed by atoms with E-state index in [0.717, 1.165) is 24.8 Å². The fraction of sp³-hybridized carbons (Fsp3) is 0.750. The first kappa shape index (κ1) is 11.4. The maximum Gasteiger partial charge on any atom is 0.0949 e. The highest BCUT2D eigenvalue weighted by atomic mass is 32.2. The molecule has 1 aromatic rings. The van der Waals surface area contributed by atoms with Gasteiger partial charge in [-0.1, -0.05) is 6.42 Å². The quantitative estimate of drug-likeness (QED) is 0.815. The lowest BCUT2D eigenvalue weighted by Gasteiger charge is -2.43. The van der Waals surface area contributed by atoms with Crippen LogP contribution in [0.1, 0.15) is 37.7 Å². The second-order valence-electron chi connectivity index (χ2n) is 5.35. The van der Waals surface area contributed by atoms with Gasteiger partial charge in [-0.3, -0.25) is 8.89 Å².